The van der Waals surface area contributed by atoms with Gasteiger partial charge in [-0.05, 0) is 24.3 Å². The van der Waals surface area contributed by atoms with E-state index >= 15 is 0 Å². The van der Waals surface area contributed by atoms with Gasteiger partial charge in [0.15, 0.2) is 0 Å². The van der Waals surface area contributed by atoms with Crippen molar-refractivity contribution in [1.82, 2.24) is 4.98 Å². The summed E-state index contributed by atoms with van der Waals surface area (Å²) in [7, 11) is 0. The third-order valence-electron chi connectivity index (χ3n) is 2.16. The fourth-order valence-corrected chi connectivity index (χ4v) is 1.37. The van der Waals surface area contributed by atoms with Crippen molar-refractivity contribution in [2.24, 2.45) is 5.73 Å². The molecule has 2 rings (SSSR count). The first-order valence-electron chi connectivity index (χ1n) is 4.93. The molecule has 0 atom stereocenters. The van der Waals surface area contributed by atoms with Gasteiger partial charge in [0.2, 0.25) is 0 Å². The van der Waals surface area contributed by atoms with Crippen molar-refractivity contribution >= 4 is 0 Å². The van der Waals surface area contributed by atoms with Crippen molar-refractivity contribution in [3.05, 3.63) is 53.9 Å². The second kappa shape index (κ2) is 4.66. The summed E-state index contributed by atoms with van der Waals surface area (Å²) >= 11 is 0. The van der Waals surface area contributed by atoms with Crippen molar-refractivity contribution in [1.29, 1.82) is 0 Å². The van der Waals surface area contributed by atoms with Gasteiger partial charge in [0.1, 0.15) is 12.4 Å². The number of nitrogens with two attached hydrogens (primary N) is 1. The Bertz CT molecular complexity index is 409. The number of para-hydroxylation sites is 1. The summed E-state index contributed by atoms with van der Waals surface area (Å²) in [5.41, 5.74) is 7.57. The first-order valence-corrected chi connectivity index (χ1v) is 4.93. The average molecular weight is 202 g/mol. The van der Waals surface area contributed by atoms with E-state index in [1.807, 2.05) is 42.5 Å². The van der Waals surface area contributed by atoms with Gasteiger partial charge in [-0.25, -0.2) is 0 Å². The van der Waals surface area contributed by atoms with E-state index in [1.165, 1.54) is 0 Å². The standard InChI is InChI=1S/C12H14N2O/c13-8-10-6-7-11(14-10)9-15-12-4-2-1-3-5-12/h1-7,14H,8-9,13H2. The summed E-state index contributed by atoms with van der Waals surface area (Å²) in [4.78, 5) is 3.18. The highest BCUT2D eigenvalue weighted by atomic mass is 16.5. The fraction of sp³-hybridized carbons (Fsp3) is 0.167. The Kier molecular flexibility index (Phi) is 3.05. The lowest BCUT2D eigenvalue weighted by Gasteiger charge is -2.03. The Hall–Kier alpha value is -1.74. The maximum Gasteiger partial charge on any atom is 0.128 e. The Labute approximate surface area is 88.9 Å². The molecule has 1 aromatic carbocycles. The second-order valence-corrected chi connectivity index (χ2v) is 3.31. The number of hydrogen-bond acceptors (Lipinski definition) is 2. The number of nitrogens with one attached hydrogen (secondary N) is 1. The molecule has 0 aliphatic rings. The van der Waals surface area contributed by atoms with Crippen molar-refractivity contribution in [2.45, 2.75) is 13.2 Å². The highest BCUT2D eigenvalue weighted by Gasteiger charge is 1.98. The third kappa shape index (κ3) is 2.60. The van der Waals surface area contributed by atoms with Crippen LogP contribution in [0.15, 0.2) is 42.5 Å². The van der Waals surface area contributed by atoms with E-state index in [4.69, 9.17) is 10.5 Å². The zero-order valence-electron chi connectivity index (χ0n) is 8.44. The minimum atomic E-state index is 0.533. The average Bonchev–Trinajstić information content (AvgIpc) is 2.76. The summed E-state index contributed by atoms with van der Waals surface area (Å²) in [6.07, 6.45) is 0. The van der Waals surface area contributed by atoms with Gasteiger partial charge >= 0.3 is 0 Å². The molecule has 0 aliphatic carbocycles. The van der Waals surface area contributed by atoms with Gasteiger partial charge < -0.3 is 15.5 Å². The fourth-order valence-electron chi connectivity index (χ4n) is 1.37. The Balaban J connectivity index is 1.93. The molecule has 0 saturated carbocycles. The number of aromatic nitrogens is 1. The van der Waals surface area contributed by atoms with Gasteiger partial charge in [0.25, 0.3) is 0 Å². The van der Waals surface area contributed by atoms with E-state index < -0.39 is 0 Å². The zero-order chi connectivity index (χ0) is 10.5. The monoisotopic (exact) mass is 202 g/mol. The molecule has 0 radical (unpaired) electrons. The number of aromatic amines is 1. The Morgan fingerprint density at radius 3 is 2.40 bits per heavy atom. The Morgan fingerprint density at radius 1 is 1.00 bits per heavy atom. The van der Waals surface area contributed by atoms with Crippen LogP contribution in [0.2, 0.25) is 0 Å². The molecule has 0 unspecified atom stereocenters. The summed E-state index contributed by atoms with van der Waals surface area (Å²) in [5, 5.41) is 0. The topological polar surface area (TPSA) is 51.0 Å². The molecule has 1 heterocycles. The highest BCUT2D eigenvalue weighted by molar-refractivity contribution is 5.21. The van der Waals surface area contributed by atoms with Crippen molar-refractivity contribution in [2.75, 3.05) is 0 Å². The van der Waals surface area contributed by atoms with Gasteiger partial charge in [0, 0.05) is 12.2 Å². The lowest BCUT2D eigenvalue weighted by molar-refractivity contribution is 0.302. The predicted octanol–water partition coefficient (Wildman–Crippen LogP) is 2.05. The molecule has 0 saturated heterocycles. The van der Waals surface area contributed by atoms with Crippen LogP contribution in [0.3, 0.4) is 0 Å². The number of benzene rings is 1. The van der Waals surface area contributed by atoms with Crippen LogP contribution in [0, 0.1) is 0 Å². The molecule has 0 spiro atoms. The summed E-state index contributed by atoms with van der Waals surface area (Å²) in [5.74, 6) is 0.876. The Morgan fingerprint density at radius 2 is 1.73 bits per heavy atom. The minimum Gasteiger partial charge on any atom is -0.487 e. The first-order chi connectivity index (χ1) is 7.38. The van der Waals surface area contributed by atoms with E-state index in [9.17, 15) is 0 Å². The summed E-state index contributed by atoms with van der Waals surface area (Å²) in [6, 6.07) is 13.7. The van der Waals surface area contributed by atoms with Crippen LogP contribution in [0.4, 0.5) is 0 Å². The van der Waals surface area contributed by atoms with E-state index in [1.54, 1.807) is 0 Å². The molecule has 0 amide bonds. The van der Waals surface area contributed by atoms with Crippen molar-refractivity contribution in [3.8, 4) is 5.75 Å². The number of rotatable bonds is 4. The van der Waals surface area contributed by atoms with E-state index in [0.29, 0.717) is 13.2 Å². The first kappa shape index (κ1) is 9.80. The second-order valence-electron chi connectivity index (χ2n) is 3.31. The van der Waals surface area contributed by atoms with Gasteiger partial charge in [-0.1, -0.05) is 18.2 Å². The number of ether oxygens (including phenoxy) is 1. The summed E-state index contributed by atoms with van der Waals surface area (Å²) < 4.78 is 5.58. The van der Waals surface area contributed by atoms with Crippen LogP contribution in [0.1, 0.15) is 11.4 Å². The molecule has 1 aromatic heterocycles. The third-order valence-corrected chi connectivity index (χ3v) is 2.16. The van der Waals surface area contributed by atoms with Crippen LogP contribution >= 0.6 is 0 Å². The van der Waals surface area contributed by atoms with Crippen LogP contribution < -0.4 is 10.5 Å². The molecule has 0 bridgehead atoms. The molecule has 0 aliphatic heterocycles. The van der Waals surface area contributed by atoms with Crippen LogP contribution in [-0.4, -0.2) is 4.98 Å². The zero-order valence-corrected chi connectivity index (χ0v) is 8.44. The smallest absolute Gasteiger partial charge is 0.128 e. The predicted molar refractivity (Wildman–Crippen MR) is 59.5 cm³/mol. The van der Waals surface area contributed by atoms with Crippen LogP contribution in [0.5, 0.6) is 5.75 Å². The lowest BCUT2D eigenvalue weighted by atomic mass is 10.3. The van der Waals surface area contributed by atoms with Gasteiger partial charge in [-0.2, -0.15) is 0 Å². The molecule has 2 aromatic rings. The van der Waals surface area contributed by atoms with E-state index in [0.717, 1.165) is 17.1 Å². The lowest BCUT2D eigenvalue weighted by Crippen LogP contribution is -1.99. The van der Waals surface area contributed by atoms with Crippen molar-refractivity contribution < 1.29 is 4.74 Å². The molecule has 3 heteroatoms. The maximum absolute atomic E-state index is 5.58. The van der Waals surface area contributed by atoms with Gasteiger partial charge in [-0.15, -0.1) is 0 Å². The van der Waals surface area contributed by atoms with Gasteiger partial charge in [0.05, 0.1) is 5.69 Å². The molecular weight excluding hydrogens is 188 g/mol. The quantitative estimate of drug-likeness (QED) is 0.797. The maximum atomic E-state index is 5.58. The van der Waals surface area contributed by atoms with E-state index in [2.05, 4.69) is 4.98 Å². The van der Waals surface area contributed by atoms with Gasteiger partial charge in [-0.3, -0.25) is 0 Å². The number of hydrogen-bond donors (Lipinski definition) is 2. The largest absolute Gasteiger partial charge is 0.487 e. The molecule has 3 nitrogen and oxygen atoms in total. The SMILES string of the molecule is NCc1ccc(COc2ccccc2)[nH]1. The molecule has 78 valence electrons. The molecule has 0 fully saturated rings. The summed E-state index contributed by atoms with van der Waals surface area (Å²) in [6.45, 7) is 1.08. The molecule has 3 N–H and O–H groups in total. The van der Waals surface area contributed by atoms with Crippen LogP contribution in [0.25, 0.3) is 0 Å². The molecule has 15 heavy (non-hydrogen) atoms. The minimum absolute atomic E-state index is 0.533. The van der Waals surface area contributed by atoms with Crippen LogP contribution in [-0.2, 0) is 13.2 Å². The van der Waals surface area contributed by atoms with Crippen molar-refractivity contribution in [3.63, 3.8) is 0 Å². The highest BCUT2D eigenvalue weighted by Crippen LogP contribution is 2.11. The normalized spacial score (nSPS) is 10.2. The molecular formula is C12H14N2O. The number of H-pyrrole nitrogens is 1. The van der Waals surface area contributed by atoms with E-state index in [-0.39, 0.29) is 0 Å².